The molecule has 8 nitrogen and oxygen atoms in total. The van der Waals surface area contributed by atoms with Crippen LogP contribution in [0.2, 0.25) is 0 Å². The summed E-state index contributed by atoms with van der Waals surface area (Å²) in [5.74, 6) is -2.24. The summed E-state index contributed by atoms with van der Waals surface area (Å²) in [5, 5.41) is 14.0. The Balaban J connectivity index is 0.00000261. The van der Waals surface area contributed by atoms with Gasteiger partial charge in [0, 0.05) is 7.11 Å². The monoisotopic (exact) mass is 402 g/mol. The number of amides is 2. The average molecular weight is 402 g/mol. The fourth-order valence-corrected chi connectivity index (χ4v) is 5.04. The Morgan fingerprint density at radius 3 is 2.48 bits per heavy atom. The summed E-state index contributed by atoms with van der Waals surface area (Å²) in [7, 11) is 1.39. The maximum Gasteiger partial charge on any atom is 1.00 e. The number of para-hydroxylation sites is 1. The van der Waals surface area contributed by atoms with E-state index in [9.17, 15) is 19.5 Å². The third kappa shape index (κ3) is 3.47. The van der Waals surface area contributed by atoms with Gasteiger partial charge >= 0.3 is 29.6 Å². The first-order chi connectivity index (χ1) is 12.2. The summed E-state index contributed by atoms with van der Waals surface area (Å²) in [4.78, 5) is 37.9. The molecule has 0 radical (unpaired) electrons. The first-order valence-electron chi connectivity index (χ1n) is 7.98. The van der Waals surface area contributed by atoms with Crippen LogP contribution in [0.1, 0.15) is 13.8 Å². The van der Waals surface area contributed by atoms with Crippen LogP contribution in [0.4, 0.5) is 0 Å². The number of carboxylic acids is 1. The van der Waals surface area contributed by atoms with E-state index < -0.39 is 39.7 Å². The molecule has 1 aromatic rings. The van der Waals surface area contributed by atoms with Gasteiger partial charge in [-0.05, 0) is 26.0 Å². The molecule has 2 aliphatic rings. The molecule has 0 aromatic heterocycles. The third-order valence-electron chi connectivity index (χ3n) is 4.63. The topological polar surface area (TPSA) is 108 Å². The molecule has 2 saturated heterocycles. The Labute approximate surface area is 183 Å². The minimum atomic E-state index is -1.98. The van der Waals surface area contributed by atoms with Crippen LogP contribution in [-0.4, -0.2) is 58.3 Å². The molecule has 0 spiro atoms. The van der Waals surface area contributed by atoms with Gasteiger partial charge in [0.25, 0.3) is 11.8 Å². The molecule has 0 bridgehead atoms. The molecule has 1 N–H and O–H groups in total. The number of aliphatic carboxylic acids is 1. The molecule has 2 amide bonds. The van der Waals surface area contributed by atoms with Crippen molar-refractivity contribution in [1.82, 2.24) is 10.2 Å². The molecule has 2 heterocycles. The largest absolute Gasteiger partial charge is 1.00 e. The zero-order valence-corrected chi connectivity index (χ0v) is 18.4. The van der Waals surface area contributed by atoms with Crippen molar-refractivity contribution in [2.45, 2.75) is 35.7 Å². The van der Waals surface area contributed by atoms with E-state index in [0.29, 0.717) is 5.75 Å². The van der Waals surface area contributed by atoms with Crippen LogP contribution in [0.15, 0.2) is 30.3 Å². The van der Waals surface area contributed by atoms with Crippen LogP contribution < -0.4 is 44.7 Å². The van der Waals surface area contributed by atoms with Crippen LogP contribution in [-0.2, 0) is 19.1 Å². The summed E-state index contributed by atoms with van der Waals surface area (Å²) in [6.45, 7) is 2.90. The fourth-order valence-electron chi connectivity index (χ4n) is 3.31. The molecule has 3 rings (SSSR count). The minimum absolute atomic E-state index is 0. The number of nitrogens with zero attached hydrogens (tertiary/aromatic N) is 1. The van der Waals surface area contributed by atoms with Gasteiger partial charge in [0.1, 0.15) is 11.1 Å². The molecule has 0 unspecified atom stereocenters. The van der Waals surface area contributed by atoms with Gasteiger partial charge in [0.05, 0.1) is 10.7 Å². The number of thioether (sulfide) groups is 1. The summed E-state index contributed by atoms with van der Waals surface area (Å²) in [6.07, 6.45) is -0.738. The molecular formula is C17H19N2NaO6S. The van der Waals surface area contributed by atoms with Crippen molar-refractivity contribution in [2.24, 2.45) is 0 Å². The Morgan fingerprint density at radius 1 is 1.30 bits per heavy atom. The molecule has 3 atom stereocenters. The van der Waals surface area contributed by atoms with E-state index >= 15 is 0 Å². The SMILES string of the molecule is CO[C@H]1C(=O)N2[C@@H]1SC(C)(C)[C@]2(NC(=O)COc1ccccc1)C(=O)[O-].[Na+]. The van der Waals surface area contributed by atoms with Crippen LogP contribution in [0.3, 0.4) is 0 Å². The van der Waals surface area contributed by atoms with Crippen LogP contribution in [0, 0.1) is 0 Å². The van der Waals surface area contributed by atoms with Crippen molar-refractivity contribution >= 4 is 29.5 Å². The van der Waals surface area contributed by atoms with Gasteiger partial charge in [-0.3, -0.25) is 14.5 Å². The van der Waals surface area contributed by atoms with E-state index in [1.807, 2.05) is 0 Å². The van der Waals surface area contributed by atoms with Crippen molar-refractivity contribution in [3.05, 3.63) is 30.3 Å². The van der Waals surface area contributed by atoms with E-state index in [4.69, 9.17) is 9.47 Å². The van der Waals surface area contributed by atoms with Gasteiger partial charge in [0.2, 0.25) is 0 Å². The standard InChI is InChI=1S/C17H20N2O6S.Na/c1-16(2)17(15(22)23,19-13(21)12(24-3)14(19)26-16)18-11(20)9-25-10-7-5-4-6-8-10;/h4-8,12,14H,9H2,1-3H3,(H,18,20)(H,22,23);/q;+1/p-1/t12-,14+,17-;/m0./s1. The smallest absolute Gasteiger partial charge is 0.545 e. The Morgan fingerprint density at radius 2 is 1.93 bits per heavy atom. The quantitative estimate of drug-likeness (QED) is 0.386. The van der Waals surface area contributed by atoms with Gasteiger partial charge in [-0.1, -0.05) is 18.2 Å². The number of carbonyl (C=O) groups is 3. The maximum atomic E-state index is 12.4. The second kappa shape index (κ2) is 8.00. The molecule has 0 saturated carbocycles. The molecule has 1 aromatic carbocycles. The molecular weight excluding hydrogens is 383 g/mol. The van der Waals surface area contributed by atoms with Gasteiger partial charge in [-0.15, -0.1) is 11.8 Å². The van der Waals surface area contributed by atoms with Gasteiger partial charge in [-0.25, -0.2) is 0 Å². The Hall–Kier alpha value is -1.26. The molecule has 140 valence electrons. The van der Waals surface area contributed by atoms with E-state index in [1.54, 1.807) is 44.2 Å². The minimum Gasteiger partial charge on any atom is -0.545 e. The zero-order chi connectivity index (χ0) is 19.1. The summed E-state index contributed by atoms with van der Waals surface area (Å²) < 4.78 is 9.46. The molecule has 27 heavy (non-hydrogen) atoms. The van der Waals surface area contributed by atoms with Gasteiger partial charge in [0.15, 0.2) is 18.4 Å². The number of fused-ring (bicyclic) bond motifs is 1. The van der Waals surface area contributed by atoms with Gasteiger partial charge < -0.3 is 24.7 Å². The second-order valence-electron chi connectivity index (χ2n) is 6.53. The predicted octanol–water partition coefficient (Wildman–Crippen LogP) is -3.66. The maximum absolute atomic E-state index is 12.4. The van der Waals surface area contributed by atoms with E-state index in [0.717, 1.165) is 4.90 Å². The number of carboxylic acid groups (broad SMARTS) is 1. The normalized spacial score (nSPS) is 27.8. The fraction of sp³-hybridized carbons (Fsp3) is 0.471. The number of carbonyl (C=O) groups excluding carboxylic acids is 3. The van der Waals surface area contributed by atoms with Crippen LogP contribution >= 0.6 is 11.8 Å². The van der Waals surface area contributed by atoms with Crippen molar-refractivity contribution in [2.75, 3.05) is 13.7 Å². The second-order valence-corrected chi connectivity index (χ2v) is 8.27. The van der Waals surface area contributed by atoms with Gasteiger partial charge in [-0.2, -0.15) is 0 Å². The number of ether oxygens (including phenoxy) is 2. The number of β-lactam (4-membered cyclic amide) rings is 1. The number of nitrogens with one attached hydrogen (secondary N) is 1. The van der Waals surface area contributed by atoms with Crippen molar-refractivity contribution in [3.63, 3.8) is 0 Å². The first-order valence-corrected chi connectivity index (χ1v) is 8.86. The van der Waals surface area contributed by atoms with Crippen molar-refractivity contribution < 1.29 is 58.5 Å². The zero-order valence-electron chi connectivity index (χ0n) is 15.6. The molecule has 10 heteroatoms. The molecule has 2 fully saturated rings. The van der Waals surface area contributed by atoms with E-state index in [2.05, 4.69) is 5.32 Å². The number of methoxy groups -OCH3 is 1. The molecule has 0 aliphatic carbocycles. The van der Waals surface area contributed by atoms with Crippen molar-refractivity contribution in [3.8, 4) is 5.75 Å². The molecule has 2 aliphatic heterocycles. The van der Waals surface area contributed by atoms with E-state index in [1.165, 1.54) is 18.9 Å². The Bertz CT molecular complexity index is 746. The number of hydrogen-bond donors (Lipinski definition) is 1. The summed E-state index contributed by atoms with van der Waals surface area (Å²) in [5.41, 5.74) is -1.98. The first kappa shape index (κ1) is 22.0. The predicted molar refractivity (Wildman–Crippen MR) is 90.9 cm³/mol. The van der Waals surface area contributed by atoms with Crippen LogP contribution in [0.25, 0.3) is 0 Å². The number of hydrogen-bond acceptors (Lipinski definition) is 7. The van der Waals surface area contributed by atoms with Crippen LogP contribution in [0.5, 0.6) is 5.75 Å². The third-order valence-corrected chi connectivity index (χ3v) is 6.21. The number of benzene rings is 1. The van der Waals surface area contributed by atoms with E-state index in [-0.39, 0.29) is 36.2 Å². The Kier molecular flexibility index (Phi) is 6.53. The average Bonchev–Trinajstić information content (AvgIpc) is 2.79. The number of rotatable bonds is 6. The van der Waals surface area contributed by atoms with Crippen molar-refractivity contribution in [1.29, 1.82) is 0 Å². The summed E-state index contributed by atoms with van der Waals surface area (Å²) >= 11 is 1.25. The summed E-state index contributed by atoms with van der Waals surface area (Å²) in [6, 6.07) is 8.66.